The number of carbonyl (C=O) groups excluding carboxylic acids is 1. The quantitative estimate of drug-likeness (QED) is 0.345. The average Bonchev–Trinajstić information content (AvgIpc) is 3.48. The van der Waals surface area contributed by atoms with Crippen LogP contribution >= 0.6 is 22.9 Å². The number of hydrogen-bond acceptors (Lipinski definition) is 6. The lowest BCUT2D eigenvalue weighted by atomic mass is 10.2. The number of amides is 1. The van der Waals surface area contributed by atoms with E-state index < -0.39 is 0 Å². The van der Waals surface area contributed by atoms with Gasteiger partial charge >= 0.3 is 0 Å². The number of para-hydroxylation sites is 2. The lowest BCUT2D eigenvalue weighted by Gasteiger charge is -2.20. The Bertz CT molecular complexity index is 1170. The second-order valence-corrected chi connectivity index (χ2v) is 8.56. The molecule has 0 aliphatic rings. The van der Waals surface area contributed by atoms with E-state index in [1.165, 1.54) is 11.3 Å². The van der Waals surface area contributed by atoms with Crippen molar-refractivity contribution < 1.29 is 14.3 Å². The van der Waals surface area contributed by atoms with Crippen LogP contribution in [0.15, 0.2) is 55.1 Å². The normalized spacial score (nSPS) is 11.0. The minimum Gasteiger partial charge on any atom is -0.493 e. The molecular weight excluding hydrogens is 448 g/mol. The first kappa shape index (κ1) is 22.1. The molecule has 7 nitrogen and oxygen atoms in total. The van der Waals surface area contributed by atoms with Crippen molar-refractivity contribution in [2.45, 2.75) is 19.9 Å². The van der Waals surface area contributed by atoms with Crippen molar-refractivity contribution in [3.05, 3.63) is 65.7 Å². The molecule has 0 N–H and O–H groups in total. The van der Waals surface area contributed by atoms with Crippen LogP contribution < -0.4 is 14.4 Å². The zero-order chi connectivity index (χ0) is 22.5. The number of imidazole rings is 1. The predicted octanol–water partition coefficient (Wildman–Crippen LogP) is 4.97. The average molecular weight is 471 g/mol. The van der Waals surface area contributed by atoms with E-state index in [2.05, 4.69) is 4.98 Å². The van der Waals surface area contributed by atoms with Gasteiger partial charge in [0.15, 0.2) is 23.2 Å². The van der Waals surface area contributed by atoms with Crippen LogP contribution in [0.2, 0.25) is 5.02 Å². The van der Waals surface area contributed by atoms with Gasteiger partial charge in [0, 0.05) is 25.5 Å². The van der Waals surface area contributed by atoms with Crippen molar-refractivity contribution in [2.24, 2.45) is 0 Å². The van der Waals surface area contributed by atoms with Crippen molar-refractivity contribution in [1.82, 2.24) is 14.5 Å². The number of hydrogen-bond donors (Lipinski definition) is 0. The Labute approximate surface area is 195 Å². The molecule has 0 atom stereocenters. The van der Waals surface area contributed by atoms with E-state index in [0.717, 1.165) is 28.7 Å². The molecule has 166 valence electrons. The molecule has 0 radical (unpaired) electrons. The first-order chi connectivity index (χ1) is 15.6. The van der Waals surface area contributed by atoms with Gasteiger partial charge in [-0.3, -0.25) is 9.69 Å². The van der Waals surface area contributed by atoms with Crippen molar-refractivity contribution in [3.8, 4) is 11.5 Å². The monoisotopic (exact) mass is 470 g/mol. The summed E-state index contributed by atoms with van der Waals surface area (Å²) in [6.07, 6.45) is 6.14. The minimum absolute atomic E-state index is 0.131. The van der Waals surface area contributed by atoms with Crippen LogP contribution in [0, 0.1) is 6.92 Å². The van der Waals surface area contributed by atoms with Crippen molar-refractivity contribution in [1.29, 1.82) is 0 Å². The molecule has 4 rings (SSSR count). The number of anilines is 1. The van der Waals surface area contributed by atoms with Gasteiger partial charge in [0.1, 0.15) is 0 Å². The summed E-state index contributed by atoms with van der Waals surface area (Å²) >= 11 is 7.81. The summed E-state index contributed by atoms with van der Waals surface area (Å²) < 4.78 is 14.0. The Morgan fingerprint density at radius 2 is 2.03 bits per heavy atom. The van der Waals surface area contributed by atoms with Crippen LogP contribution in [-0.2, 0) is 11.3 Å². The third-order valence-corrected chi connectivity index (χ3v) is 6.53. The number of carbonyl (C=O) groups is 1. The number of thiazole rings is 1. The number of halogens is 1. The third kappa shape index (κ3) is 4.87. The molecule has 0 unspecified atom stereocenters. The van der Waals surface area contributed by atoms with Crippen LogP contribution in [0.25, 0.3) is 10.2 Å². The lowest BCUT2D eigenvalue weighted by molar-refractivity contribution is -0.120. The highest BCUT2D eigenvalue weighted by Gasteiger charge is 2.22. The van der Waals surface area contributed by atoms with Crippen LogP contribution in [0.5, 0.6) is 11.5 Å². The molecule has 32 heavy (non-hydrogen) atoms. The highest BCUT2D eigenvalue weighted by atomic mass is 35.5. The second-order valence-electron chi connectivity index (χ2n) is 7.18. The SMILES string of the molecule is COc1ccccc1OCC(=O)N(CCCn1ccnc1)c1nc2c(C)ccc(Cl)c2s1. The zero-order valence-electron chi connectivity index (χ0n) is 17.8. The molecule has 0 fully saturated rings. The Hall–Kier alpha value is -3.10. The Morgan fingerprint density at radius 3 is 2.75 bits per heavy atom. The highest BCUT2D eigenvalue weighted by molar-refractivity contribution is 7.23. The molecule has 0 spiro atoms. The topological polar surface area (TPSA) is 69.5 Å². The number of ether oxygens (including phenoxy) is 2. The van der Waals surface area contributed by atoms with Gasteiger partial charge in [-0.2, -0.15) is 0 Å². The van der Waals surface area contributed by atoms with E-state index in [-0.39, 0.29) is 12.5 Å². The van der Waals surface area contributed by atoms with Crippen LogP contribution in [-0.4, -0.2) is 40.7 Å². The number of nitrogens with zero attached hydrogens (tertiary/aromatic N) is 4. The lowest BCUT2D eigenvalue weighted by Crippen LogP contribution is -2.36. The van der Waals surface area contributed by atoms with E-state index in [1.54, 1.807) is 36.7 Å². The molecule has 0 saturated carbocycles. The first-order valence-electron chi connectivity index (χ1n) is 10.1. The van der Waals surface area contributed by atoms with E-state index in [1.807, 2.05) is 42.0 Å². The van der Waals surface area contributed by atoms with E-state index in [9.17, 15) is 4.79 Å². The number of methoxy groups -OCH3 is 1. The number of rotatable bonds is 9. The van der Waals surface area contributed by atoms with Gasteiger partial charge in [0.25, 0.3) is 5.91 Å². The van der Waals surface area contributed by atoms with E-state index >= 15 is 0 Å². The summed E-state index contributed by atoms with van der Waals surface area (Å²) in [5, 5.41) is 1.24. The maximum Gasteiger partial charge on any atom is 0.266 e. The van der Waals surface area contributed by atoms with Crippen molar-refractivity contribution in [3.63, 3.8) is 0 Å². The Morgan fingerprint density at radius 1 is 1.22 bits per heavy atom. The number of benzene rings is 2. The van der Waals surface area contributed by atoms with Gasteiger partial charge in [-0.05, 0) is 37.1 Å². The molecule has 2 heterocycles. The second kappa shape index (κ2) is 10.0. The summed E-state index contributed by atoms with van der Waals surface area (Å²) in [4.78, 5) is 23.7. The standard InChI is InChI=1S/C23H23ClN4O3S/c1-16-8-9-17(24)22-21(16)26-23(32-22)28(12-5-11-27-13-10-25-15-27)20(29)14-31-19-7-4-3-6-18(19)30-2/h3-4,6-10,13,15H,5,11-12,14H2,1-2H3. The smallest absolute Gasteiger partial charge is 0.266 e. The Kier molecular flexibility index (Phi) is 6.92. The van der Waals surface area contributed by atoms with Gasteiger partial charge in [0.05, 0.1) is 28.7 Å². The number of fused-ring (bicyclic) bond motifs is 1. The van der Waals surface area contributed by atoms with Gasteiger partial charge in [-0.15, -0.1) is 0 Å². The predicted molar refractivity (Wildman–Crippen MR) is 127 cm³/mol. The summed E-state index contributed by atoms with van der Waals surface area (Å²) in [5.74, 6) is 0.911. The fourth-order valence-corrected chi connectivity index (χ4v) is 4.68. The molecule has 1 amide bonds. The maximum atomic E-state index is 13.2. The maximum absolute atomic E-state index is 13.2. The number of aromatic nitrogens is 3. The highest BCUT2D eigenvalue weighted by Crippen LogP contribution is 2.36. The summed E-state index contributed by atoms with van der Waals surface area (Å²) in [7, 11) is 1.57. The summed E-state index contributed by atoms with van der Waals surface area (Å²) in [6, 6.07) is 11.0. The molecule has 9 heteroatoms. The molecule has 2 aromatic carbocycles. The molecule has 0 saturated heterocycles. The van der Waals surface area contributed by atoms with Gasteiger partial charge in [-0.1, -0.05) is 41.1 Å². The minimum atomic E-state index is -0.186. The van der Waals surface area contributed by atoms with Gasteiger partial charge in [-0.25, -0.2) is 9.97 Å². The summed E-state index contributed by atoms with van der Waals surface area (Å²) in [5.41, 5.74) is 1.83. The van der Waals surface area contributed by atoms with Gasteiger partial charge < -0.3 is 14.0 Å². The molecule has 0 bridgehead atoms. The Balaban J connectivity index is 1.56. The zero-order valence-corrected chi connectivity index (χ0v) is 19.4. The fraction of sp³-hybridized carbons (Fsp3) is 0.261. The molecule has 0 aliphatic carbocycles. The van der Waals surface area contributed by atoms with Crippen LogP contribution in [0.1, 0.15) is 12.0 Å². The first-order valence-corrected chi connectivity index (χ1v) is 11.3. The fourth-order valence-electron chi connectivity index (χ4n) is 3.32. The molecular formula is C23H23ClN4O3S. The van der Waals surface area contributed by atoms with Gasteiger partial charge in [0.2, 0.25) is 0 Å². The van der Waals surface area contributed by atoms with Crippen LogP contribution in [0.4, 0.5) is 5.13 Å². The molecule has 0 aliphatic heterocycles. The molecule has 2 aromatic heterocycles. The van der Waals surface area contributed by atoms with Crippen LogP contribution in [0.3, 0.4) is 0 Å². The largest absolute Gasteiger partial charge is 0.493 e. The van der Waals surface area contributed by atoms with Crippen molar-refractivity contribution in [2.75, 3.05) is 25.2 Å². The summed E-state index contributed by atoms with van der Waals surface area (Å²) in [6.45, 7) is 3.08. The van der Waals surface area contributed by atoms with Crippen molar-refractivity contribution >= 4 is 44.2 Å². The number of aryl methyl sites for hydroxylation is 2. The third-order valence-electron chi connectivity index (χ3n) is 5.00. The van der Waals surface area contributed by atoms with E-state index in [4.69, 9.17) is 26.1 Å². The van der Waals surface area contributed by atoms with E-state index in [0.29, 0.717) is 28.2 Å². The molecule has 4 aromatic rings.